The Labute approximate surface area is 157 Å². The van der Waals surface area contributed by atoms with Crippen LogP contribution in [0.1, 0.15) is 36.0 Å². The van der Waals surface area contributed by atoms with Crippen molar-refractivity contribution in [3.05, 3.63) is 23.8 Å². The van der Waals surface area contributed by atoms with Gasteiger partial charge in [0.25, 0.3) is 11.7 Å². The van der Waals surface area contributed by atoms with E-state index in [2.05, 4.69) is 5.32 Å². The molecular formula is C18H22N2O6S. The van der Waals surface area contributed by atoms with Crippen LogP contribution in [0.2, 0.25) is 0 Å². The first-order valence-corrected chi connectivity index (χ1v) is 10.6. The summed E-state index contributed by atoms with van der Waals surface area (Å²) in [5.41, 5.74) is 0.458. The lowest BCUT2D eigenvalue weighted by molar-refractivity contribution is -0.112. The van der Waals surface area contributed by atoms with E-state index in [-0.39, 0.29) is 22.6 Å². The number of anilines is 1. The molecule has 1 atom stereocenters. The quantitative estimate of drug-likeness (QED) is 0.752. The number of rotatable bonds is 5. The third kappa shape index (κ3) is 3.52. The Morgan fingerprint density at radius 2 is 1.96 bits per heavy atom. The van der Waals surface area contributed by atoms with Crippen LogP contribution in [-0.2, 0) is 24.3 Å². The second kappa shape index (κ2) is 7.31. The van der Waals surface area contributed by atoms with E-state index in [1.807, 2.05) is 0 Å². The summed E-state index contributed by atoms with van der Waals surface area (Å²) in [5, 5.41) is 2.43. The van der Waals surface area contributed by atoms with Crippen molar-refractivity contribution >= 4 is 27.4 Å². The van der Waals surface area contributed by atoms with Gasteiger partial charge < -0.3 is 14.8 Å². The fraction of sp³-hybridized carbons (Fsp3) is 0.556. The van der Waals surface area contributed by atoms with Gasteiger partial charge in [-0.1, -0.05) is 0 Å². The van der Waals surface area contributed by atoms with Crippen LogP contribution in [-0.4, -0.2) is 62.9 Å². The van der Waals surface area contributed by atoms with Crippen molar-refractivity contribution in [2.45, 2.75) is 42.7 Å². The van der Waals surface area contributed by atoms with Gasteiger partial charge in [0.15, 0.2) is 0 Å². The summed E-state index contributed by atoms with van der Waals surface area (Å²) in [6.45, 7) is 2.13. The molecule has 0 aliphatic carbocycles. The SMILES string of the molecule is O=C1Nc2ccc(S(=O)(=O)N3CCCC3COC3CCOCC3)cc2C1=O. The smallest absolute Gasteiger partial charge is 0.296 e. The molecule has 1 aromatic rings. The van der Waals surface area contributed by atoms with Crippen molar-refractivity contribution in [3.8, 4) is 0 Å². The Kier molecular flexibility index (Phi) is 5.02. The molecule has 9 heteroatoms. The van der Waals surface area contributed by atoms with Gasteiger partial charge in [0.2, 0.25) is 10.0 Å². The van der Waals surface area contributed by atoms with Crippen molar-refractivity contribution in [2.24, 2.45) is 0 Å². The van der Waals surface area contributed by atoms with E-state index >= 15 is 0 Å². The van der Waals surface area contributed by atoms with E-state index in [0.717, 1.165) is 25.7 Å². The maximum absolute atomic E-state index is 13.1. The van der Waals surface area contributed by atoms with Crippen LogP contribution in [0.4, 0.5) is 5.69 Å². The van der Waals surface area contributed by atoms with E-state index in [1.165, 1.54) is 22.5 Å². The lowest BCUT2D eigenvalue weighted by atomic mass is 10.1. The highest BCUT2D eigenvalue weighted by atomic mass is 32.2. The minimum atomic E-state index is -3.77. The third-order valence-electron chi connectivity index (χ3n) is 5.31. The molecular weight excluding hydrogens is 372 g/mol. The molecule has 0 aromatic heterocycles. The standard InChI is InChI=1S/C18H22N2O6S/c21-17-15-10-14(3-4-16(15)19-18(17)22)27(23,24)20-7-1-2-12(20)11-26-13-5-8-25-9-6-13/h3-4,10,12-13H,1-2,5-9,11H2,(H,19,21,22). The Morgan fingerprint density at radius 1 is 1.19 bits per heavy atom. The van der Waals surface area contributed by atoms with Crippen molar-refractivity contribution in [2.75, 3.05) is 31.7 Å². The van der Waals surface area contributed by atoms with Gasteiger partial charge in [-0.05, 0) is 43.9 Å². The molecule has 0 radical (unpaired) electrons. The van der Waals surface area contributed by atoms with Gasteiger partial charge in [-0.25, -0.2) is 8.42 Å². The van der Waals surface area contributed by atoms with Gasteiger partial charge in [0, 0.05) is 25.8 Å². The minimum absolute atomic E-state index is 0.0315. The maximum Gasteiger partial charge on any atom is 0.296 e. The van der Waals surface area contributed by atoms with Crippen molar-refractivity contribution < 1.29 is 27.5 Å². The van der Waals surface area contributed by atoms with E-state index in [9.17, 15) is 18.0 Å². The lowest BCUT2D eigenvalue weighted by Gasteiger charge is -2.28. The average molecular weight is 394 g/mol. The highest BCUT2D eigenvalue weighted by Crippen LogP contribution is 2.31. The third-order valence-corrected chi connectivity index (χ3v) is 7.26. The Bertz CT molecular complexity index is 863. The molecule has 8 nitrogen and oxygen atoms in total. The molecule has 2 fully saturated rings. The minimum Gasteiger partial charge on any atom is -0.381 e. The van der Waals surface area contributed by atoms with Crippen LogP contribution in [0.3, 0.4) is 0 Å². The molecule has 3 aliphatic rings. The van der Waals surface area contributed by atoms with Gasteiger partial charge >= 0.3 is 0 Å². The van der Waals surface area contributed by atoms with Crippen LogP contribution in [0.5, 0.6) is 0 Å². The number of carbonyl (C=O) groups excluding carboxylic acids is 2. The first-order valence-electron chi connectivity index (χ1n) is 9.18. The molecule has 1 unspecified atom stereocenters. The number of fused-ring (bicyclic) bond motifs is 1. The van der Waals surface area contributed by atoms with Crippen LogP contribution < -0.4 is 5.32 Å². The van der Waals surface area contributed by atoms with Gasteiger partial charge in [0.1, 0.15) is 0 Å². The molecule has 0 saturated carbocycles. The molecule has 27 heavy (non-hydrogen) atoms. The topological polar surface area (TPSA) is 102 Å². The number of hydrogen-bond donors (Lipinski definition) is 1. The van der Waals surface area contributed by atoms with Crippen LogP contribution in [0, 0.1) is 0 Å². The van der Waals surface area contributed by atoms with Crippen molar-refractivity contribution in [1.82, 2.24) is 4.31 Å². The first kappa shape index (κ1) is 18.5. The molecule has 0 spiro atoms. The molecule has 146 valence electrons. The predicted octanol–water partition coefficient (Wildman–Crippen LogP) is 1.17. The summed E-state index contributed by atoms with van der Waals surface area (Å²) in [5.74, 6) is -1.44. The summed E-state index contributed by atoms with van der Waals surface area (Å²) in [6, 6.07) is 3.97. The zero-order valence-corrected chi connectivity index (χ0v) is 15.7. The number of benzene rings is 1. The van der Waals surface area contributed by atoms with Crippen LogP contribution in [0.25, 0.3) is 0 Å². The molecule has 1 N–H and O–H groups in total. The van der Waals surface area contributed by atoms with E-state index in [4.69, 9.17) is 9.47 Å². The van der Waals surface area contributed by atoms with Crippen LogP contribution in [0.15, 0.2) is 23.1 Å². The predicted molar refractivity (Wildman–Crippen MR) is 96.1 cm³/mol. The zero-order chi connectivity index (χ0) is 19.0. The first-order chi connectivity index (χ1) is 13.0. The second-order valence-electron chi connectivity index (χ2n) is 7.05. The number of ketones is 1. The number of sulfonamides is 1. The Balaban J connectivity index is 1.51. The summed E-state index contributed by atoms with van der Waals surface area (Å²) in [6.07, 6.45) is 3.27. The maximum atomic E-state index is 13.1. The number of amides is 1. The fourth-order valence-corrected chi connectivity index (χ4v) is 5.51. The number of carbonyl (C=O) groups is 2. The fourth-order valence-electron chi connectivity index (χ4n) is 3.80. The van der Waals surface area contributed by atoms with Gasteiger partial charge in [0.05, 0.1) is 28.9 Å². The summed E-state index contributed by atoms with van der Waals surface area (Å²) < 4.78 is 38.9. The largest absolute Gasteiger partial charge is 0.381 e. The molecule has 4 rings (SSSR count). The summed E-state index contributed by atoms with van der Waals surface area (Å²) in [7, 11) is -3.77. The number of nitrogens with one attached hydrogen (secondary N) is 1. The monoisotopic (exact) mass is 394 g/mol. The molecule has 2 saturated heterocycles. The normalized spacial score (nSPS) is 24.2. The molecule has 1 aromatic carbocycles. The Morgan fingerprint density at radius 3 is 2.74 bits per heavy atom. The molecule has 0 bridgehead atoms. The number of ether oxygens (including phenoxy) is 2. The highest BCUT2D eigenvalue weighted by Gasteiger charge is 2.37. The zero-order valence-electron chi connectivity index (χ0n) is 14.8. The summed E-state index contributed by atoms with van der Waals surface area (Å²) >= 11 is 0. The van der Waals surface area contributed by atoms with Gasteiger partial charge in [-0.2, -0.15) is 4.31 Å². The summed E-state index contributed by atoms with van der Waals surface area (Å²) in [4.78, 5) is 23.4. The molecule has 1 amide bonds. The van der Waals surface area contributed by atoms with Gasteiger partial charge in [-0.15, -0.1) is 0 Å². The van der Waals surface area contributed by atoms with Gasteiger partial charge in [-0.3, -0.25) is 9.59 Å². The Hall–Kier alpha value is -1.81. The van der Waals surface area contributed by atoms with E-state index in [1.54, 1.807) is 0 Å². The van der Waals surface area contributed by atoms with E-state index in [0.29, 0.717) is 32.1 Å². The second-order valence-corrected chi connectivity index (χ2v) is 8.94. The molecule has 3 heterocycles. The lowest BCUT2D eigenvalue weighted by Crippen LogP contribution is -2.39. The highest BCUT2D eigenvalue weighted by molar-refractivity contribution is 7.89. The number of hydrogen-bond acceptors (Lipinski definition) is 6. The van der Waals surface area contributed by atoms with E-state index < -0.39 is 21.7 Å². The average Bonchev–Trinajstić information content (AvgIpc) is 3.26. The number of Topliss-reactive ketones (excluding diaryl/α,β-unsaturated/α-hetero) is 1. The number of nitrogens with zero attached hydrogens (tertiary/aromatic N) is 1. The van der Waals surface area contributed by atoms with Crippen LogP contribution >= 0.6 is 0 Å². The van der Waals surface area contributed by atoms with Crippen molar-refractivity contribution in [3.63, 3.8) is 0 Å². The molecule has 3 aliphatic heterocycles. The van der Waals surface area contributed by atoms with Crippen molar-refractivity contribution in [1.29, 1.82) is 0 Å².